The molecule has 0 aliphatic rings. The van der Waals surface area contributed by atoms with Crippen LogP contribution in [-0.4, -0.2) is 25.7 Å². The number of hydrogen-bond acceptors (Lipinski definition) is 6. The Balaban J connectivity index is 1.69. The number of carbonyl (C=O) groups is 1. The summed E-state index contributed by atoms with van der Waals surface area (Å²) in [6.45, 7) is 0. The average Bonchev–Trinajstić information content (AvgIpc) is 3.01. The molecule has 1 amide bonds. The fourth-order valence-electron chi connectivity index (χ4n) is 1.30. The van der Waals surface area contributed by atoms with Crippen molar-refractivity contribution in [3.05, 3.63) is 34.8 Å². The lowest BCUT2D eigenvalue weighted by Gasteiger charge is -1.93. The number of aromatic nitrogens is 4. The average molecular weight is 277 g/mol. The van der Waals surface area contributed by atoms with Crippen LogP contribution < -0.4 is 5.32 Å². The molecular weight excluding hydrogens is 270 g/mol. The van der Waals surface area contributed by atoms with Gasteiger partial charge in [0.15, 0.2) is 0 Å². The molecule has 0 aromatic carbocycles. The number of fused-ring (bicyclic) bond motifs is 1. The first-order chi connectivity index (χ1) is 8.81. The van der Waals surface area contributed by atoms with Gasteiger partial charge in [0, 0.05) is 11.0 Å². The molecule has 0 aliphatic heterocycles. The Hall–Kier alpha value is -2.06. The van der Waals surface area contributed by atoms with E-state index >= 15 is 0 Å². The molecule has 0 saturated carbocycles. The van der Waals surface area contributed by atoms with E-state index < -0.39 is 0 Å². The van der Waals surface area contributed by atoms with Crippen LogP contribution in [0.25, 0.3) is 11.0 Å². The predicted octanol–water partition coefficient (Wildman–Crippen LogP) is 1.90. The number of nitrogens with one attached hydrogen (secondary N) is 1. The second-order valence-corrected chi connectivity index (χ2v) is 5.24. The molecule has 0 radical (unpaired) electrons. The van der Waals surface area contributed by atoms with Gasteiger partial charge in [0.2, 0.25) is 16.0 Å². The van der Waals surface area contributed by atoms with Gasteiger partial charge in [-0.25, -0.2) is 0 Å². The summed E-state index contributed by atoms with van der Waals surface area (Å²) in [5.41, 5.74) is 0. The van der Waals surface area contributed by atoms with E-state index in [1.165, 1.54) is 28.3 Å². The summed E-state index contributed by atoms with van der Waals surface area (Å²) in [5.74, 6) is -0.214. The number of nitrogens with zero attached hydrogens (tertiary/aromatic N) is 4. The van der Waals surface area contributed by atoms with Crippen molar-refractivity contribution in [3.8, 4) is 0 Å². The van der Waals surface area contributed by atoms with Crippen LogP contribution in [0.5, 0.6) is 0 Å². The molecule has 18 heavy (non-hydrogen) atoms. The van der Waals surface area contributed by atoms with Crippen molar-refractivity contribution in [1.29, 1.82) is 0 Å². The summed E-state index contributed by atoms with van der Waals surface area (Å²) in [7, 11) is 0. The van der Waals surface area contributed by atoms with E-state index in [1.54, 1.807) is 17.4 Å². The van der Waals surface area contributed by atoms with Crippen LogP contribution in [0.2, 0.25) is 0 Å². The minimum absolute atomic E-state index is 0.214. The first-order valence-electron chi connectivity index (χ1n) is 5.01. The molecule has 0 aliphatic carbocycles. The molecule has 8 heteroatoms. The maximum Gasteiger partial charge on any atom is 0.250 e. The van der Waals surface area contributed by atoms with Gasteiger partial charge in [0.25, 0.3) is 0 Å². The number of thiophene rings is 1. The third kappa shape index (κ3) is 2.29. The van der Waals surface area contributed by atoms with Crippen LogP contribution >= 0.6 is 22.7 Å². The van der Waals surface area contributed by atoms with Crippen LogP contribution in [-0.2, 0) is 4.79 Å². The number of hydrogen-bond donors (Lipinski definition) is 1. The third-order valence-electron chi connectivity index (χ3n) is 2.06. The zero-order chi connectivity index (χ0) is 12.4. The number of anilines is 1. The van der Waals surface area contributed by atoms with Crippen LogP contribution in [0.15, 0.2) is 29.9 Å². The Morgan fingerprint density at radius 1 is 1.50 bits per heavy atom. The maximum atomic E-state index is 11.6. The van der Waals surface area contributed by atoms with Crippen molar-refractivity contribution >= 4 is 44.7 Å². The molecule has 0 saturated heterocycles. The Morgan fingerprint density at radius 3 is 3.22 bits per heavy atom. The summed E-state index contributed by atoms with van der Waals surface area (Å²) >= 11 is 2.84. The van der Waals surface area contributed by atoms with Crippen molar-refractivity contribution in [2.75, 3.05) is 5.32 Å². The van der Waals surface area contributed by atoms with E-state index in [-0.39, 0.29) is 5.91 Å². The highest BCUT2D eigenvalue weighted by Crippen LogP contribution is 2.17. The minimum Gasteiger partial charge on any atom is -0.297 e. The summed E-state index contributed by atoms with van der Waals surface area (Å²) in [5, 5.41) is 16.8. The van der Waals surface area contributed by atoms with E-state index in [0.717, 1.165) is 4.88 Å². The first-order valence-corrected chi connectivity index (χ1v) is 6.70. The zero-order valence-corrected chi connectivity index (χ0v) is 10.6. The van der Waals surface area contributed by atoms with Crippen molar-refractivity contribution in [3.63, 3.8) is 0 Å². The topological polar surface area (TPSA) is 72.2 Å². The monoisotopic (exact) mass is 277 g/mol. The number of carbonyl (C=O) groups excluding carboxylic acids is 1. The summed E-state index contributed by atoms with van der Waals surface area (Å²) in [6.07, 6.45) is 4.73. The lowest BCUT2D eigenvalue weighted by molar-refractivity contribution is -0.111. The highest BCUT2D eigenvalue weighted by molar-refractivity contribution is 7.20. The largest absolute Gasteiger partial charge is 0.297 e. The molecule has 0 fully saturated rings. The Morgan fingerprint density at radius 2 is 2.44 bits per heavy atom. The molecule has 0 bridgehead atoms. The highest BCUT2D eigenvalue weighted by Gasteiger charge is 2.06. The SMILES string of the molecule is O=C(/C=C/c1cccs1)Nc1nn2cnnc2s1. The lowest BCUT2D eigenvalue weighted by atomic mass is 10.4. The Kier molecular flexibility index (Phi) is 2.87. The van der Waals surface area contributed by atoms with Gasteiger partial charge in [0.1, 0.15) is 6.33 Å². The smallest absolute Gasteiger partial charge is 0.250 e. The normalized spacial score (nSPS) is 11.3. The standard InChI is InChI=1S/C10H7N5OS2/c16-8(4-3-7-2-1-5-17-7)12-9-14-15-6-11-13-10(15)18-9/h1-6H,(H,12,14,16)/b4-3+. The van der Waals surface area contributed by atoms with Crippen molar-refractivity contribution in [2.24, 2.45) is 0 Å². The molecule has 0 unspecified atom stereocenters. The lowest BCUT2D eigenvalue weighted by Crippen LogP contribution is -2.07. The number of rotatable bonds is 3. The molecule has 3 aromatic rings. The highest BCUT2D eigenvalue weighted by atomic mass is 32.1. The van der Waals surface area contributed by atoms with E-state index in [1.807, 2.05) is 17.5 Å². The quantitative estimate of drug-likeness (QED) is 0.742. The van der Waals surface area contributed by atoms with Gasteiger partial charge >= 0.3 is 0 Å². The molecular formula is C10H7N5OS2. The van der Waals surface area contributed by atoms with Gasteiger partial charge in [-0.2, -0.15) is 4.52 Å². The molecule has 3 heterocycles. The second kappa shape index (κ2) is 4.67. The molecule has 6 nitrogen and oxygen atoms in total. The van der Waals surface area contributed by atoms with Gasteiger partial charge in [-0.15, -0.1) is 26.6 Å². The summed E-state index contributed by atoms with van der Waals surface area (Å²) < 4.78 is 1.52. The first kappa shape index (κ1) is 11.1. The maximum absolute atomic E-state index is 11.6. The van der Waals surface area contributed by atoms with Crippen LogP contribution in [0.4, 0.5) is 5.13 Å². The third-order valence-corrected chi connectivity index (χ3v) is 3.72. The summed E-state index contributed by atoms with van der Waals surface area (Å²) in [6, 6.07) is 3.88. The van der Waals surface area contributed by atoms with Gasteiger partial charge in [0.05, 0.1) is 0 Å². The molecule has 0 atom stereocenters. The Labute approximate surface area is 110 Å². The van der Waals surface area contributed by atoms with E-state index in [2.05, 4.69) is 20.6 Å². The molecule has 90 valence electrons. The minimum atomic E-state index is -0.214. The van der Waals surface area contributed by atoms with Crippen molar-refractivity contribution in [2.45, 2.75) is 0 Å². The van der Waals surface area contributed by atoms with E-state index in [0.29, 0.717) is 10.1 Å². The second-order valence-electron chi connectivity index (χ2n) is 3.30. The van der Waals surface area contributed by atoms with Gasteiger partial charge in [-0.1, -0.05) is 17.4 Å². The molecule has 3 aromatic heterocycles. The Bertz CT molecular complexity index is 668. The molecule has 3 rings (SSSR count). The van der Waals surface area contributed by atoms with E-state index in [4.69, 9.17) is 0 Å². The fourth-order valence-corrected chi connectivity index (χ4v) is 2.64. The van der Waals surface area contributed by atoms with Crippen molar-refractivity contribution in [1.82, 2.24) is 19.8 Å². The predicted molar refractivity (Wildman–Crippen MR) is 70.6 cm³/mol. The number of amides is 1. The van der Waals surface area contributed by atoms with Gasteiger partial charge in [-0.05, 0) is 17.5 Å². The summed E-state index contributed by atoms with van der Waals surface area (Å²) in [4.78, 5) is 13.3. The van der Waals surface area contributed by atoms with E-state index in [9.17, 15) is 4.79 Å². The van der Waals surface area contributed by atoms with Gasteiger partial charge in [-0.3, -0.25) is 10.1 Å². The van der Waals surface area contributed by atoms with Crippen LogP contribution in [0.1, 0.15) is 4.88 Å². The molecule has 0 spiro atoms. The fraction of sp³-hybridized carbons (Fsp3) is 0. The van der Waals surface area contributed by atoms with Crippen molar-refractivity contribution < 1.29 is 4.79 Å². The zero-order valence-electron chi connectivity index (χ0n) is 8.98. The van der Waals surface area contributed by atoms with Crippen LogP contribution in [0.3, 0.4) is 0 Å². The van der Waals surface area contributed by atoms with Crippen LogP contribution in [0, 0.1) is 0 Å². The van der Waals surface area contributed by atoms with Gasteiger partial charge < -0.3 is 0 Å². The molecule has 1 N–H and O–H groups in total.